The zero-order chi connectivity index (χ0) is 7.15. The second-order valence-electron chi connectivity index (χ2n) is 1.01. The van der Waals surface area contributed by atoms with Gasteiger partial charge in [-0.05, 0) is 6.92 Å². The molecule has 0 aromatic heterocycles. The molecule has 0 radical (unpaired) electrons. The van der Waals surface area contributed by atoms with Crippen molar-refractivity contribution in [3.63, 3.8) is 0 Å². The molecule has 0 aliphatic heterocycles. The molecule has 4 N–H and O–H groups in total. The molecule has 0 aromatic rings. The Morgan fingerprint density at radius 3 is 1.30 bits per heavy atom. The van der Waals surface area contributed by atoms with E-state index >= 15 is 0 Å². The molecule has 0 bridgehead atoms. The van der Waals surface area contributed by atoms with Gasteiger partial charge in [0.25, 0.3) is 5.97 Å². The summed E-state index contributed by atoms with van der Waals surface area (Å²) in [5.74, 6) is -1.92. The summed E-state index contributed by atoms with van der Waals surface area (Å²) < 4.78 is 0. The van der Waals surface area contributed by atoms with Crippen LogP contribution in [0.1, 0.15) is 13.8 Å². The van der Waals surface area contributed by atoms with Crippen LogP contribution in [0.25, 0.3) is 0 Å². The summed E-state index contributed by atoms with van der Waals surface area (Å²) in [5.41, 5.74) is 0. The van der Waals surface area contributed by atoms with Crippen LogP contribution >= 0.6 is 0 Å². The van der Waals surface area contributed by atoms with Crippen LogP contribution in [0.15, 0.2) is 0 Å². The van der Waals surface area contributed by atoms with E-state index in [2.05, 4.69) is 0 Å². The van der Waals surface area contributed by atoms with Crippen LogP contribution in [0.3, 0.4) is 0 Å². The molecule has 5 nitrogen and oxygen atoms in total. The first-order valence-corrected chi connectivity index (χ1v) is 1.84. The van der Waals surface area contributed by atoms with Gasteiger partial charge in [0, 0.05) is 32.4 Å². The quantitative estimate of drug-likeness (QED) is 0.489. The molecule has 0 saturated heterocycles. The van der Waals surface area contributed by atoms with Crippen molar-refractivity contribution in [2.24, 2.45) is 0 Å². The second kappa shape index (κ2) is 15.8. The van der Waals surface area contributed by atoms with E-state index in [4.69, 9.17) is 19.8 Å². The Bertz CT molecular complexity index is 75.3. The molecular weight excluding hydrogens is 191 g/mol. The summed E-state index contributed by atoms with van der Waals surface area (Å²) in [6.45, 7) is 2.06. The Morgan fingerprint density at radius 2 is 1.30 bits per heavy atom. The van der Waals surface area contributed by atoms with Gasteiger partial charge >= 0.3 is 0 Å². The minimum atomic E-state index is -1.08. The first-order chi connectivity index (χ1) is 3.46. The van der Waals surface area contributed by atoms with E-state index < -0.39 is 11.9 Å². The summed E-state index contributed by atoms with van der Waals surface area (Å²) in [5, 5.41) is 16.3. The first-order valence-electron chi connectivity index (χ1n) is 1.84. The standard InChI is InChI=1S/2C2H4O2.H3N.Zn/c2*1-2(3)4;;/h2*1H3,(H,3,4);1H3;/p-1. The number of rotatable bonds is 0. The van der Waals surface area contributed by atoms with Crippen LogP contribution in [-0.4, -0.2) is 17.0 Å². The third kappa shape index (κ3) is 1410. The van der Waals surface area contributed by atoms with E-state index in [-0.39, 0.29) is 25.6 Å². The van der Waals surface area contributed by atoms with Gasteiger partial charge in [-0.15, -0.1) is 0 Å². The summed E-state index contributed by atoms with van der Waals surface area (Å²) in [4.78, 5) is 17.9. The van der Waals surface area contributed by atoms with Crippen molar-refractivity contribution in [2.75, 3.05) is 0 Å². The van der Waals surface area contributed by atoms with Gasteiger partial charge in [0.2, 0.25) is 0 Å². The van der Waals surface area contributed by atoms with Crippen molar-refractivity contribution in [1.82, 2.24) is 6.15 Å². The predicted molar refractivity (Wildman–Crippen MR) is 29.0 cm³/mol. The van der Waals surface area contributed by atoms with Crippen LogP contribution in [0, 0.1) is 0 Å². The number of carboxylic acids is 2. The Morgan fingerprint density at radius 1 is 1.30 bits per heavy atom. The summed E-state index contributed by atoms with van der Waals surface area (Å²) in [6.07, 6.45) is 0. The normalized spacial score (nSPS) is 5.00. The molecule has 58 valence electrons. The molecule has 0 rings (SSSR count). The van der Waals surface area contributed by atoms with Gasteiger partial charge in [-0.1, -0.05) is 0 Å². The molecule has 0 spiro atoms. The van der Waals surface area contributed by atoms with Crippen molar-refractivity contribution < 1.29 is 39.3 Å². The third-order valence-corrected chi connectivity index (χ3v) is 0. The van der Waals surface area contributed by atoms with E-state index in [1.807, 2.05) is 0 Å². The predicted octanol–water partition coefficient (Wildman–Crippen LogP) is -0.993. The molecule has 0 unspecified atom stereocenters. The summed E-state index contributed by atoms with van der Waals surface area (Å²) >= 11 is 0. The maximum atomic E-state index is 9.00. The maximum absolute atomic E-state index is 9.00. The average molecular weight is 202 g/mol. The Labute approximate surface area is 71.8 Å². The van der Waals surface area contributed by atoms with Crippen molar-refractivity contribution in [3.8, 4) is 0 Å². The topological polar surface area (TPSA) is 112 Å². The summed E-state index contributed by atoms with van der Waals surface area (Å²) in [6, 6.07) is 0. The minimum Gasteiger partial charge on any atom is -0.550 e. The largest absolute Gasteiger partial charge is 0.550 e. The molecule has 0 aromatic carbocycles. The molecule has 6 heteroatoms. The van der Waals surface area contributed by atoms with Gasteiger partial charge < -0.3 is 21.2 Å². The molecule has 0 aliphatic carbocycles. The van der Waals surface area contributed by atoms with Gasteiger partial charge in [-0.2, -0.15) is 0 Å². The Balaban J connectivity index is -0.0000000300. The zero-order valence-electron chi connectivity index (χ0n) is 6.09. The molecule has 0 fully saturated rings. The zero-order valence-corrected chi connectivity index (χ0v) is 9.05. The number of hydrogen-bond donors (Lipinski definition) is 2. The average Bonchev–Trinajstić information content (AvgIpc) is 1.25. The molecule has 0 atom stereocenters. The fourth-order valence-electron chi connectivity index (χ4n) is 0. The van der Waals surface area contributed by atoms with Gasteiger partial charge in [0.1, 0.15) is 0 Å². The fourth-order valence-corrected chi connectivity index (χ4v) is 0. The van der Waals surface area contributed by atoms with Crippen LogP contribution in [0.4, 0.5) is 0 Å². The molecule has 0 aliphatic rings. The van der Waals surface area contributed by atoms with Crippen molar-refractivity contribution >= 4 is 11.9 Å². The van der Waals surface area contributed by atoms with Crippen molar-refractivity contribution in [1.29, 1.82) is 0 Å². The molecule has 0 amide bonds. The SMILES string of the molecule is CC(=O)O.CC(=O)[O-].N.[Zn]. The minimum absolute atomic E-state index is 0. The van der Waals surface area contributed by atoms with E-state index in [0.717, 1.165) is 13.8 Å². The first kappa shape index (κ1) is 22.7. The smallest absolute Gasteiger partial charge is 0.300 e. The van der Waals surface area contributed by atoms with Crippen molar-refractivity contribution in [3.05, 3.63) is 0 Å². The monoisotopic (exact) mass is 200 g/mol. The van der Waals surface area contributed by atoms with Crippen LogP contribution in [0.2, 0.25) is 0 Å². The Hall–Kier alpha value is -0.477. The van der Waals surface area contributed by atoms with Crippen LogP contribution in [-0.2, 0) is 29.1 Å². The Kier molecular flexibility index (Phi) is 35.9. The maximum Gasteiger partial charge on any atom is 0.300 e. The van der Waals surface area contributed by atoms with Crippen LogP contribution < -0.4 is 11.3 Å². The van der Waals surface area contributed by atoms with E-state index in [0.29, 0.717) is 0 Å². The molecule has 10 heavy (non-hydrogen) atoms. The van der Waals surface area contributed by atoms with Gasteiger partial charge in [0.05, 0.1) is 0 Å². The van der Waals surface area contributed by atoms with E-state index in [1.165, 1.54) is 0 Å². The fraction of sp³-hybridized carbons (Fsp3) is 0.500. The molecule has 0 saturated carbocycles. The van der Waals surface area contributed by atoms with E-state index in [1.54, 1.807) is 0 Å². The number of hydrogen-bond acceptors (Lipinski definition) is 4. The second-order valence-corrected chi connectivity index (χ2v) is 1.01. The van der Waals surface area contributed by atoms with Gasteiger partial charge in [-0.25, -0.2) is 0 Å². The van der Waals surface area contributed by atoms with Gasteiger partial charge in [0.15, 0.2) is 0 Å². The summed E-state index contributed by atoms with van der Waals surface area (Å²) in [7, 11) is 0. The van der Waals surface area contributed by atoms with E-state index in [9.17, 15) is 0 Å². The molecule has 0 heterocycles. The molecular formula is C4H10NO4Zn-. The third-order valence-electron chi connectivity index (χ3n) is 0. The number of carbonyl (C=O) groups excluding carboxylic acids is 1. The number of carboxylic acid groups (broad SMARTS) is 2. The van der Waals surface area contributed by atoms with Gasteiger partial charge in [-0.3, -0.25) is 4.79 Å². The van der Waals surface area contributed by atoms with Crippen molar-refractivity contribution in [2.45, 2.75) is 13.8 Å². The van der Waals surface area contributed by atoms with Crippen LogP contribution in [0.5, 0.6) is 0 Å². The number of carbonyl (C=O) groups is 2. The number of aliphatic carboxylic acids is 2.